The van der Waals surface area contributed by atoms with E-state index in [9.17, 15) is 13.2 Å². The predicted octanol–water partition coefficient (Wildman–Crippen LogP) is 3.72. The summed E-state index contributed by atoms with van der Waals surface area (Å²) < 4.78 is 37.1. The van der Waals surface area contributed by atoms with Crippen molar-refractivity contribution in [2.45, 2.75) is 19.0 Å². The number of alkyl halides is 3. The summed E-state index contributed by atoms with van der Waals surface area (Å²) in [5, 5.41) is 3.29. The minimum Gasteiger partial charge on any atom is -0.316 e. The molecule has 1 saturated heterocycles. The van der Waals surface area contributed by atoms with Crippen molar-refractivity contribution in [1.82, 2.24) is 5.32 Å². The van der Waals surface area contributed by atoms with E-state index in [2.05, 4.69) is 5.32 Å². The topological polar surface area (TPSA) is 12.0 Å². The van der Waals surface area contributed by atoms with Gasteiger partial charge in [0.25, 0.3) is 0 Å². The fourth-order valence-electron chi connectivity index (χ4n) is 2.10. The molecular formula is C14H16F3N. The first kappa shape index (κ1) is 13.1. The second kappa shape index (κ2) is 5.57. The molecule has 1 heterocycles. The molecule has 0 aliphatic carbocycles. The van der Waals surface area contributed by atoms with Crippen molar-refractivity contribution in [1.29, 1.82) is 0 Å². The lowest BCUT2D eigenvalue weighted by molar-refractivity contribution is -0.137. The lowest BCUT2D eigenvalue weighted by Crippen LogP contribution is -2.08. The average Bonchev–Trinajstić information content (AvgIpc) is 2.82. The molecule has 1 aliphatic rings. The molecule has 2 rings (SSSR count). The summed E-state index contributed by atoms with van der Waals surface area (Å²) in [5.41, 5.74) is 0.216. The van der Waals surface area contributed by atoms with Crippen molar-refractivity contribution in [3.05, 3.63) is 41.5 Å². The maximum Gasteiger partial charge on any atom is 0.416 e. The number of hydrogen-bond donors (Lipinski definition) is 1. The number of hydrogen-bond acceptors (Lipinski definition) is 1. The third-order valence-electron chi connectivity index (χ3n) is 3.18. The van der Waals surface area contributed by atoms with Crippen LogP contribution in [0.25, 0.3) is 6.08 Å². The molecule has 0 radical (unpaired) electrons. The maximum atomic E-state index is 12.4. The highest BCUT2D eigenvalue weighted by atomic mass is 19.4. The third kappa shape index (κ3) is 3.60. The molecule has 0 amide bonds. The van der Waals surface area contributed by atoms with Crippen LogP contribution in [0.1, 0.15) is 24.0 Å². The Hall–Kier alpha value is -1.29. The van der Waals surface area contributed by atoms with Gasteiger partial charge in [-0.05, 0) is 49.5 Å². The van der Waals surface area contributed by atoms with Crippen LogP contribution in [0, 0.1) is 5.92 Å². The monoisotopic (exact) mass is 255 g/mol. The van der Waals surface area contributed by atoms with E-state index < -0.39 is 11.7 Å². The summed E-state index contributed by atoms with van der Waals surface area (Å²) in [6.07, 6.45) is 1.84. The van der Waals surface area contributed by atoms with Crippen LogP contribution in [0.4, 0.5) is 13.2 Å². The van der Waals surface area contributed by atoms with E-state index in [4.69, 9.17) is 0 Å². The first-order chi connectivity index (χ1) is 8.55. The Kier molecular flexibility index (Phi) is 4.07. The molecule has 98 valence electrons. The normalized spacial score (nSPS) is 20.7. The van der Waals surface area contributed by atoms with Gasteiger partial charge in [-0.25, -0.2) is 0 Å². The highest BCUT2D eigenvalue weighted by molar-refractivity contribution is 5.49. The van der Waals surface area contributed by atoms with E-state index in [0.717, 1.165) is 37.2 Å². The highest BCUT2D eigenvalue weighted by Crippen LogP contribution is 2.29. The number of halogens is 3. The molecule has 1 aromatic rings. The van der Waals surface area contributed by atoms with Gasteiger partial charge in [0, 0.05) is 0 Å². The molecule has 4 heteroatoms. The minimum absolute atomic E-state index is 0.598. The van der Waals surface area contributed by atoms with Gasteiger partial charge in [-0.3, -0.25) is 0 Å². The molecular weight excluding hydrogens is 239 g/mol. The van der Waals surface area contributed by atoms with Gasteiger partial charge in [-0.2, -0.15) is 13.2 Å². The van der Waals surface area contributed by atoms with Crippen molar-refractivity contribution in [3.63, 3.8) is 0 Å². The lowest BCUT2D eigenvalue weighted by Gasteiger charge is -2.06. The van der Waals surface area contributed by atoms with Crippen LogP contribution >= 0.6 is 0 Å². The van der Waals surface area contributed by atoms with Crippen molar-refractivity contribution in [2.75, 3.05) is 13.1 Å². The highest BCUT2D eigenvalue weighted by Gasteiger charge is 2.29. The van der Waals surface area contributed by atoms with Crippen LogP contribution in [-0.4, -0.2) is 13.1 Å². The van der Waals surface area contributed by atoms with E-state index in [1.165, 1.54) is 18.6 Å². The van der Waals surface area contributed by atoms with Crippen LogP contribution in [0.5, 0.6) is 0 Å². The molecule has 18 heavy (non-hydrogen) atoms. The van der Waals surface area contributed by atoms with Crippen LogP contribution in [0.2, 0.25) is 0 Å². The van der Waals surface area contributed by atoms with Gasteiger partial charge in [0.2, 0.25) is 0 Å². The van der Waals surface area contributed by atoms with Crippen molar-refractivity contribution >= 4 is 6.08 Å². The number of benzene rings is 1. The van der Waals surface area contributed by atoms with E-state index in [-0.39, 0.29) is 0 Å². The molecule has 0 aromatic heterocycles. The summed E-state index contributed by atoms with van der Waals surface area (Å²) in [6.45, 7) is 2.11. The van der Waals surface area contributed by atoms with Gasteiger partial charge in [0.1, 0.15) is 0 Å². The molecule has 1 N–H and O–H groups in total. The number of nitrogens with one attached hydrogen (secondary N) is 1. The van der Waals surface area contributed by atoms with E-state index in [1.54, 1.807) is 0 Å². The van der Waals surface area contributed by atoms with Gasteiger partial charge in [0.05, 0.1) is 5.56 Å². The Bertz CT molecular complexity index is 400. The minimum atomic E-state index is -4.25. The van der Waals surface area contributed by atoms with E-state index in [1.807, 2.05) is 12.2 Å². The smallest absolute Gasteiger partial charge is 0.316 e. The largest absolute Gasteiger partial charge is 0.416 e. The first-order valence-corrected chi connectivity index (χ1v) is 6.10. The van der Waals surface area contributed by atoms with Crippen LogP contribution in [0.15, 0.2) is 30.3 Å². The standard InChI is InChI=1S/C14H16F3N/c15-14(16,17)13-6-4-11(5-7-13)2-1-3-12-8-9-18-10-12/h1-2,4-7,12,18H,3,8-10H2/b2-1+/t12-/m0/s1. The molecule has 0 bridgehead atoms. The molecule has 1 fully saturated rings. The maximum absolute atomic E-state index is 12.4. The summed E-state index contributed by atoms with van der Waals surface area (Å²) in [7, 11) is 0. The lowest BCUT2D eigenvalue weighted by atomic mass is 10.0. The van der Waals surface area contributed by atoms with Gasteiger partial charge in [0.15, 0.2) is 0 Å². The van der Waals surface area contributed by atoms with Gasteiger partial charge in [-0.1, -0.05) is 24.3 Å². The Balaban J connectivity index is 1.91. The Morgan fingerprint density at radius 3 is 2.50 bits per heavy atom. The Morgan fingerprint density at radius 1 is 1.22 bits per heavy atom. The fourth-order valence-corrected chi connectivity index (χ4v) is 2.10. The molecule has 0 spiro atoms. The van der Waals surface area contributed by atoms with Gasteiger partial charge in [-0.15, -0.1) is 0 Å². The van der Waals surface area contributed by atoms with E-state index >= 15 is 0 Å². The molecule has 1 aliphatic heterocycles. The van der Waals surface area contributed by atoms with Gasteiger partial charge >= 0.3 is 6.18 Å². The van der Waals surface area contributed by atoms with Crippen molar-refractivity contribution in [3.8, 4) is 0 Å². The number of rotatable bonds is 3. The zero-order valence-corrected chi connectivity index (χ0v) is 10.0. The quantitative estimate of drug-likeness (QED) is 0.868. The molecule has 1 nitrogen and oxygen atoms in total. The molecule has 0 unspecified atom stereocenters. The molecule has 1 aromatic carbocycles. The van der Waals surface area contributed by atoms with Crippen LogP contribution in [-0.2, 0) is 6.18 Å². The predicted molar refractivity (Wildman–Crippen MR) is 66.1 cm³/mol. The van der Waals surface area contributed by atoms with Crippen molar-refractivity contribution < 1.29 is 13.2 Å². The van der Waals surface area contributed by atoms with Crippen LogP contribution in [0.3, 0.4) is 0 Å². The summed E-state index contributed by atoms with van der Waals surface area (Å²) in [5.74, 6) is 0.663. The summed E-state index contributed by atoms with van der Waals surface area (Å²) in [4.78, 5) is 0. The summed E-state index contributed by atoms with van der Waals surface area (Å²) >= 11 is 0. The summed E-state index contributed by atoms with van der Waals surface area (Å²) in [6, 6.07) is 5.26. The van der Waals surface area contributed by atoms with E-state index in [0.29, 0.717) is 5.92 Å². The first-order valence-electron chi connectivity index (χ1n) is 6.10. The fraction of sp³-hybridized carbons (Fsp3) is 0.429. The van der Waals surface area contributed by atoms with Crippen molar-refractivity contribution in [2.24, 2.45) is 5.92 Å². The van der Waals surface area contributed by atoms with Gasteiger partial charge < -0.3 is 5.32 Å². The second-order valence-electron chi connectivity index (χ2n) is 4.62. The van der Waals surface area contributed by atoms with Crippen LogP contribution < -0.4 is 5.32 Å². The SMILES string of the molecule is FC(F)(F)c1ccc(/C=C/C[C@H]2CCNC2)cc1. The average molecular weight is 255 g/mol. The zero-order chi connectivity index (χ0) is 13.0. The second-order valence-corrected chi connectivity index (χ2v) is 4.62. The molecule has 1 atom stereocenters. The Labute approximate surface area is 105 Å². The third-order valence-corrected chi connectivity index (χ3v) is 3.18. The zero-order valence-electron chi connectivity index (χ0n) is 10.0. The number of allylic oxidation sites excluding steroid dienone is 1. The Morgan fingerprint density at radius 2 is 1.94 bits per heavy atom. The molecule has 0 saturated carbocycles.